The van der Waals surface area contributed by atoms with Crippen LogP contribution in [-0.4, -0.2) is 45.7 Å². The highest BCUT2D eigenvalue weighted by Gasteiger charge is 2.46. The number of nitrogens with zero attached hydrogens (tertiary/aromatic N) is 3. The molecule has 1 aromatic heterocycles. The number of amides is 2. The predicted octanol–water partition coefficient (Wildman–Crippen LogP) is -0.564. The van der Waals surface area contributed by atoms with Crippen molar-refractivity contribution in [1.82, 2.24) is 20.2 Å². The molecule has 9 nitrogen and oxygen atoms in total. The zero-order chi connectivity index (χ0) is 12.2. The number of nitrogens with one attached hydrogen (secondary N) is 1. The van der Waals surface area contributed by atoms with Gasteiger partial charge in [-0.15, -0.1) is 4.28 Å². The average molecular weight is 260 g/mol. The highest BCUT2D eigenvalue weighted by atomic mass is 32.3. The first-order valence-electron chi connectivity index (χ1n) is 4.73. The van der Waals surface area contributed by atoms with Crippen LogP contribution < -0.4 is 0 Å². The highest BCUT2D eigenvalue weighted by Crippen LogP contribution is 2.37. The normalized spacial score (nSPS) is 23.1. The molecule has 17 heavy (non-hydrogen) atoms. The second-order valence-electron chi connectivity index (χ2n) is 3.81. The molecule has 0 saturated carbocycles. The lowest BCUT2D eigenvalue weighted by Gasteiger charge is -2.20. The van der Waals surface area contributed by atoms with E-state index in [1.54, 1.807) is 0 Å². The van der Waals surface area contributed by atoms with Gasteiger partial charge in [-0.1, -0.05) is 0 Å². The lowest BCUT2D eigenvalue weighted by molar-refractivity contribution is -0.0316. The first kappa shape index (κ1) is 10.5. The minimum Gasteiger partial charge on any atom is -0.314 e. The van der Waals surface area contributed by atoms with Crippen LogP contribution in [0.5, 0.6) is 0 Å². The van der Waals surface area contributed by atoms with Gasteiger partial charge >= 0.3 is 16.4 Å². The Hall–Kier alpha value is -1.65. The number of fused-ring (bicyclic) bond motifs is 4. The van der Waals surface area contributed by atoms with E-state index in [1.165, 1.54) is 11.1 Å². The van der Waals surface area contributed by atoms with E-state index < -0.39 is 22.5 Å². The number of hydrogen-bond acceptors (Lipinski definition) is 5. The summed E-state index contributed by atoms with van der Waals surface area (Å²) in [6.07, 6.45) is 1.51. The number of aromatic amines is 1. The van der Waals surface area contributed by atoms with Crippen LogP contribution in [0.4, 0.5) is 4.79 Å². The summed E-state index contributed by atoms with van der Waals surface area (Å²) < 4.78 is 34.2. The molecule has 3 heterocycles. The van der Waals surface area contributed by atoms with Crippen LogP contribution in [0.1, 0.15) is 17.3 Å². The maximum absolute atomic E-state index is 11.7. The third-order valence-electron chi connectivity index (χ3n) is 2.77. The van der Waals surface area contributed by atoms with Crippen LogP contribution >= 0.6 is 0 Å². The van der Waals surface area contributed by atoms with Crippen LogP contribution in [0, 0.1) is 0 Å². The van der Waals surface area contributed by atoms with Gasteiger partial charge in [-0.05, 0) is 0 Å². The Morgan fingerprint density at radius 2 is 2.35 bits per heavy atom. The van der Waals surface area contributed by atoms with Crippen LogP contribution in [-0.2, 0) is 21.2 Å². The van der Waals surface area contributed by atoms with Crippen molar-refractivity contribution >= 4 is 16.4 Å². The summed E-state index contributed by atoms with van der Waals surface area (Å²) in [5.74, 6) is 0. The highest BCUT2D eigenvalue weighted by molar-refractivity contribution is 7.80. The number of hydroxylamine groups is 2. The third-order valence-corrected chi connectivity index (χ3v) is 3.12. The smallest absolute Gasteiger partial charge is 0.314 e. The third kappa shape index (κ3) is 1.57. The zero-order valence-electron chi connectivity index (χ0n) is 8.40. The molecule has 2 bridgehead atoms. The Labute approximate surface area is 95.9 Å². The van der Waals surface area contributed by atoms with Gasteiger partial charge in [0.25, 0.3) is 0 Å². The van der Waals surface area contributed by atoms with Gasteiger partial charge in [-0.3, -0.25) is 9.65 Å². The molecular weight excluding hydrogens is 252 g/mol. The molecule has 1 saturated heterocycles. The summed E-state index contributed by atoms with van der Waals surface area (Å²) in [6, 6.07) is -1.18. The van der Waals surface area contributed by atoms with Crippen molar-refractivity contribution < 1.29 is 22.0 Å². The van der Waals surface area contributed by atoms with E-state index in [2.05, 4.69) is 14.5 Å². The molecule has 0 spiro atoms. The van der Waals surface area contributed by atoms with Gasteiger partial charge in [-0.2, -0.15) is 18.6 Å². The fourth-order valence-electron chi connectivity index (χ4n) is 2.10. The number of urea groups is 1. The van der Waals surface area contributed by atoms with Gasteiger partial charge in [0.15, 0.2) is 0 Å². The number of H-pyrrole nitrogens is 1. The fraction of sp³-hybridized carbons (Fsp3) is 0.429. The van der Waals surface area contributed by atoms with Gasteiger partial charge in [-0.25, -0.2) is 4.79 Å². The van der Waals surface area contributed by atoms with Crippen molar-refractivity contribution in [3.05, 3.63) is 17.5 Å². The molecular formula is C7H8N4O5S. The van der Waals surface area contributed by atoms with Crippen LogP contribution in [0.2, 0.25) is 0 Å². The molecule has 1 unspecified atom stereocenters. The standard InChI is InChI=1S/C7H8N4O5S/c12-7-10-2-5-4(1-8-9-5)6(3-10)11(7)16-17(13,14)15/h1,6H,2-3H2,(H,8,9)(H,13,14,15). The molecule has 0 aliphatic carbocycles. The fourth-order valence-corrected chi connectivity index (χ4v) is 2.47. The summed E-state index contributed by atoms with van der Waals surface area (Å²) in [6.45, 7) is 0.622. The van der Waals surface area contributed by atoms with Crippen molar-refractivity contribution in [1.29, 1.82) is 0 Å². The molecule has 0 radical (unpaired) electrons. The Kier molecular flexibility index (Phi) is 1.97. The minimum absolute atomic E-state index is 0.306. The van der Waals surface area contributed by atoms with Crippen LogP contribution in [0.3, 0.4) is 0 Å². The van der Waals surface area contributed by atoms with E-state index in [1.807, 2.05) is 0 Å². The number of carbonyl (C=O) groups is 1. The van der Waals surface area contributed by atoms with Crippen molar-refractivity contribution in [2.24, 2.45) is 0 Å². The summed E-state index contributed by atoms with van der Waals surface area (Å²) >= 11 is 0. The average Bonchev–Trinajstić information content (AvgIpc) is 2.77. The number of carbonyl (C=O) groups excluding carboxylic acids is 1. The molecule has 2 aliphatic heterocycles. The van der Waals surface area contributed by atoms with E-state index in [0.717, 1.165) is 5.69 Å². The Balaban J connectivity index is 1.99. The summed E-state index contributed by atoms with van der Waals surface area (Å²) in [4.78, 5) is 13.1. The monoisotopic (exact) mass is 260 g/mol. The maximum Gasteiger partial charge on any atom is 0.418 e. The van der Waals surface area contributed by atoms with E-state index in [4.69, 9.17) is 4.55 Å². The molecule has 2 amide bonds. The summed E-state index contributed by atoms with van der Waals surface area (Å²) in [5.41, 5.74) is 1.42. The molecule has 2 N–H and O–H groups in total. The van der Waals surface area contributed by atoms with E-state index in [-0.39, 0.29) is 0 Å². The number of rotatable bonds is 2. The minimum atomic E-state index is -4.72. The summed E-state index contributed by atoms with van der Waals surface area (Å²) in [7, 11) is -4.72. The maximum atomic E-state index is 11.7. The lowest BCUT2D eigenvalue weighted by atomic mass is 10.1. The Morgan fingerprint density at radius 1 is 1.59 bits per heavy atom. The van der Waals surface area contributed by atoms with Gasteiger partial charge in [0.2, 0.25) is 0 Å². The van der Waals surface area contributed by atoms with Gasteiger partial charge in [0.05, 0.1) is 25.0 Å². The van der Waals surface area contributed by atoms with E-state index in [0.29, 0.717) is 23.7 Å². The van der Waals surface area contributed by atoms with Gasteiger partial charge in [0.1, 0.15) is 6.04 Å². The molecule has 1 aromatic rings. The SMILES string of the molecule is O=C1N2Cc3[nH]ncc3C(C2)N1OS(=O)(=O)O. The van der Waals surface area contributed by atoms with Crippen LogP contribution in [0.25, 0.3) is 0 Å². The van der Waals surface area contributed by atoms with Crippen LogP contribution in [0.15, 0.2) is 6.20 Å². The molecule has 10 heteroatoms. The molecule has 1 atom stereocenters. The molecule has 1 fully saturated rings. The Bertz CT molecular complexity index is 581. The first-order valence-corrected chi connectivity index (χ1v) is 6.09. The molecule has 3 rings (SSSR count). The van der Waals surface area contributed by atoms with Gasteiger partial charge < -0.3 is 4.90 Å². The van der Waals surface area contributed by atoms with Crippen molar-refractivity contribution in [2.75, 3.05) is 6.54 Å². The number of aromatic nitrogens is 2. The van der Waals surface area contributed by atoms with E-state index >= 15 is 0 Å². The topological polar surface area (TPSA) is 116 Å². The summed E-state index contributed by atoms with van der Waals surface area (Å²) in [5, 5.41) is 7.20. The molecule has 92 valence electrons. The molecule has 2 aliphatic rings. The van der Waals surface area contributed by atoms with E-state index in [9.17, 15) is 13.2 Å². The van der Waals surface area contributed by atoms with Crippen molar-refractivity contribution in [2.45, 2.75) is 12.6 Å². The number of hydrogen-bond donors (Lipinski definition) is 2. The van der Waals surface area contributed by atoms with Gasteiger partial charge in [0, 0.05) is 5.56 Å². The Morgan fingerprint density at radius 3 is 3.06 bits per heavy atom. The van der Waals surface area contributed by atoms with Crippen molar-refractivity contribution in [3.8, 4) is 0 Å². The quantitative estimate of drug-likeness (QED) is 0.688. The zero-order valence-corrected chi connectivity index (χ0v) is 9.22. The van der Waals surface area contributed by atoms with Crippen molar-refractivity contribution in [3.63, 3.8) is 0 Å². The first-order chi connectivity index (χ1) is 7.96. The largest absolute Gasteiger partial charge is 0.418 e. The second-order valence-corrected chi connectivity index (χ2v) is 4.82. The second kappa shape index (κ2) is 3.18. The molecule has 0 aromatic carbocycles. The lowest BCUT2D eigenvalue weighted by Crippen LogP contribution is -2.32. The predicted molar refractivity (Wildman–Crippen MR) is 51.6 cm³/mol.